The van der Waals surface area contributed by atoms with E-state index in [1.165, 1.54) is 18.2 Å². The number of phenols is 1. The van der Waals surface area contributed by atoms with Gasteiger partial charge in [0.15, 0.2) is 5.75 Å². The average molecular weight is 751 g/mol. The van der Waals surface area contributed by atoms with Crippen molar-refractivity contribution in [1.82, 2.24) is 24.9 Å². The molecule has 0 atom stereocenters. The van der Waals surface area contributed by atoms with E-state index in [0.717, 1.165) is 18.2 Å². The molecule has 50 heavy (non-hydrogen) atoms. The highest BCUT2D eigenvalue weighted by Gasteiger charge is 2.20. The van der Waals surface area contributed by atoms with Crippen LogP contribution in [-0.2, 0) is 24.2 Å². The van der Waals surface area contributed by atoms with Gasteiger partial charge in [-0.15, -0.1) is 14.6 Å². The zero-order valence-corrected chi connectivity index (χ0v) is 27.2. The molecule has 260 valence electrons. The van der Waals surface area contributed by atoms with Crippen LogP contribution >= 0.6 is 23.6 Å². The van der Waals surface area contributed by atoms with E-state index in [2.05, 4.69) is 55.2 Å². The summed E-state index contributed by atoms with van der Waals surface area (Å²) in [5.41, 5.74) is -0.301. The number of hydrogen-bond acceptors (Lipinski definition) is 18. The van der Waals surface area contributed by atoms with Gasteiger partial charge < -0.3 is 25.4 Å². The van der Waals surface area contributed by atoms with E-state index in [-0.39, 0.29) is 38.7 Å². The summed E-state index contributed by atoms with van der Waals surface area (Å²) >= 11 is 6.59. The van der Waals surface area contributed by atoms with Gasteiger partial charge in [0.1, 0.15) is 22.1 Å². The molecule has 23 heteroatoms. The van der Waals surface area contributed by atoms with Crippen LogP contribution in [0.25, 0.3) is 10.8 Å². The number of rotatable bonds is 11. The molecule has 3 aromatic carbocycles. The second kappa shape index (κ2) is 14.9. The maximum absolute atomic E-state index is 13.6. The molecule has 18 nitrogen and oxygen atoms in total. The molecule has 0 bridgehead atoms. The van der Waals surface area contributed by atoms with E-state index in [1.54, 1.807) is 12.1 Å². The molecule has 5 N–H and O–H groups in total. The number of morpholine rings is 1. The summed E-state index contributed by atoms with van der Waals surface area (Å²) in [5, 5.41) is 38.0. The number of nitrogens with one attached hydrogen (secondary N) is 2. The van der Waals surface area contributed by atoms with E-state index < -0.39 is 38.5 Å². The normalized spacial score (nSPS) is 13.7. The predicted molar refractivity (Wildman–Crippen MR) is 173 cm³/mol. The highest BCUT2D eigenvalue weighted by Crippen LogP contribution is 2.45. The summed E-state index contributed by atoms with van der Waals surface area (Å²) in [4.78, 5) is 20.3. The van der Waals surface area contributed by atoms with Crippen LogP contribution in [0.15, 0.2) is 68.6 Å². The summed E-state index contributed by atoms with van der Waals surface area (Å²) < 4.78 is 71.2. The Morgan fingerprint density at radius 2 is 1.72 bits per heavy atom. The van der Waals surface area contributed by atoms with Crippen molar-refractivity contribution >= 4 is 85.0 Å². The van der Waals surface area contributed by atoms with Gasteiger partial charge in [-0.3, -0.25) is 4.55 Å². The lowest BCUT2D eigenvalue weighted by Gasteiger charge is -2.26. The Morgan fingerprint density at radius 1 is 0.960 bits per heavy atom. The Bertz CT molecular complexity index is 2200. The third-order valence-electron chi connectivity index (χ3n) is 6.79. The monoisotopic (exact) mass is 750 g/mol. The van der Waals surface area contributed by atoms with Crippen LogP contribution in [0.5, 0.6) is 5.75 Å². The summed E-state index contributed by atoms with van der Waals surface area (Å²) in [5.74, 6) is -1.50. The van der Waals surface area contributed by atoms with Crippen molar-refractivity contribution < 1.29 is 46.2 Å². The van der Waals surface area contributed by atoms with Crippen LogP contribution in [0, 0.1) is 12.0 Å². The number of phenolic OH excluding ortho intramolecular Hbond substituents is 1. The van der Waals surface area contributed by atoms with Gasteiger partial charge in [0.2, 0.25) is 23.1 Å². The molecule has 0 spiro atoms. The molecule has 0 saturated carbocycles. The van der Waals surface area contributed by atoms with E-state index in [0.29, 0.717) is 55.4 Å². The fraction of sp³-hybridized carbons (Fsp3) is 0.148. The van der Waals surface area contributed by atoms with Gasteiger partial charge in [-0.25, -0.2) is 5.26 Å². The summed E-state index contributed by atoms with van der Waals surface area (Å²) in [6.07, 6.45) is -1.36. The van der Waals surface area contributed by atoms with Gasteiger partial charge in [-0.05, 0) is 53.4 Å². The first-order valence-electron chi connectivity index (χ1n) is 13.9. The third-order valence-corrected chi connectivity index (χ3v) is 8.48. The van der Waals surface area contributed by atoms with E-state index in [4.69, 9.17) is 21.6 Å². The van der Waals surface area contributed by atoms with Crippen molar-refractivity contribution in [1.29, 1.82) is 0 Å². The zero-order chi connectivity index (χ0) is 35.4. The molecule has 5 aromatic rings. The zero-order valence-electron chi connectivity index (χ0n) is 24.9. The third kappa shape index (κ3) is 8.26. The topological polar surface area (TPSA) is 239 Å². The van der Waals surface area contributed by atoms with Crippen molar-refractivity contribution in [3.63, 3.8) is 0 Å². The number of halogens is 3. The van der Waals surface area contributed by atoms with E-state index >= 15 is 0 Å². The van der Waals surface area contributed by atoms with Crippen LogP contribution in [0.3, 0.4) is 0 Å². The van der Waals surface area contributed by atoms with E-state index in [1.807, 2.05) is 4.90 Å². The van der Waals surface area contributed by atoms with Crippen molar-refractivity contribution in [2.45, 2.75) is 9.79 Å². The number of azo groups is 1. The smallest absolute Gasteiger partial charge is 0.313 e. The van der Waals surface area contributed by atoms with Gasteiger partial charge >= 0.3 is 6.08 Å². The van der Waals surface area contributed by atoms with Crippen LogP contribution in [-0.4, -0.2) is 74.6 Å². The largest absolute Gasteiger partial charge is 0.505 e. The molecule has 6 rings (SSSR count). The number of aromatic nitrogens is 5. The van der Waals surface area contributed by atoms with Crippen LogP contribution in [0.1, 0.15) is 0 Å². The fourth-order valence-corrected chi connectivity index (χ4v) is 5.91. The SMILES string of the molecule is O=S(=O)(O)c1ccc(Nc2cc(F)nc(F)n2)cc1N=Nc1c(SOOO)cc2ccc(Nc3nc(Cl)nc(N4CCOCC4)n3)cc2c1O. The summed E-state index contributed by atoms with van der Waals surface area (Å²) in [7, 11) is -4.87. The minimum absolute atomic E-state index is 0.0316. The molecule has 1 fully saturated rings. The van der Waals surface area contributed by atoms with E-state index in [9.17, 15) is 26.9 Å². The predicted octanol–water partition coefficient (Wildman–Crippen LogP) is 5.87. The quantitative estimate of drug-likeness (QED) is 0.0202. The first kappa shape index (κ1) is 34.9. The number of ether oxygens (including phenoxy) is 1. The molecule has 2 aromatic heterocycles. The summed E-state index contributed by atoms with van der Waals surface area (Å²) in [6, 6.07) is 10.3. The van der Waals surface area contributed by atoms with Crippen molar-refractivity contribution in [3.8, 4) is 5.75 Å². The average Bonchev–Trinajstić information content (AvgIpc) is 3.06. The molecule has 1 aliphatic heterocycles. The standard InChI is InChI=1S/C27H21ClF2N10O8S2/c28-24-35-26(37-27(36-24)40-5-7-46-8-6-40)32-14-2-1-13-9-18(49-48-47-42)22(23(41)16(13)10-14)39-38-17-11-15(3-4-19(17)50(43,44)45)31-21-12-20(29)33-25(30)34-21/h1-4,9-12,41-42H,5-8H2,(H,31,33,34)(H,43,44,45)(H,32,35,36,37). The van der Waals surface area contributed by atoms with Crippen LogP contribution < -0.4 is 15.5 Å². The van der Waals surface area contributed by atoms with Crippen molar-refractivity contribution in [2.75, 3.05) is 41.8 Å². The number of anilines is 5. The molecular weight excluding hydrogens is 730 g/mol. The number of benzene rings is 3. The highest BCUT2D eigenvalue weighted by atomic mass is 35.5. The van der Waals surface area contributed by atoms with Crippen molar-refractivity contribution in [3.05, 3.63) is 65.8 Å². The first-order chi connectivity index (χ1) is 24.0. The molecule has 0 radical (unpaired) electrons. The van der Waals surface area contributed by atoms with Gasteiger partial charge in [0.05, 0.1) is 30.2 Å². The molecule has 1 aliphatic rings. The number of aromatic hydroxyl groups is 1. The minimum atomic E-state index is -4.87. The lowest BCUT2D eigenvalue weighted by Crippen LogP contribution is -2.37. The van der Waals surface area contributed by atoms with Gasteiger partial charge in [0, 0.05) is 35.9 Å². The van der Waals surface area contributed by atoms with Crippen LogP contribution in [0.2, 0.25) is 5.28 Å². The molecular formula is C27H21ClF2N10O8S2. The highest BCUT2D eigenvalue weighted by molar-refractivity contribution is 7.94. The van der Waals surface area contributed by atoms with Crippen molar-refractivity contribution in [2.24, 2.45) is 10.2 Å². The number of hydrogen-bond donors (Lipinski definition) is 5. The lowest BCUT2D eigenvalue weighted by molar-refractivity contribution is -0.432. The second-order valence-electron chi connectivity index (χ2n) is 10.0. The Morgan fingerprint density at radius 3 is 2.46 bits per heavy atom. The molecule has 0 aliphatic carbocycles. The Kier molecular flexibility index (Phi) is 10.4. The number of fused-ring (bicyclic) bond motifs is 1. The molecule has 0 unspecified atom stereocenters. The van der Waals surface area contributed by atoms with Gasteiger partial charge in [-0.1, -0.05) is 11.1 Å². The maximum Gasteiger partial charge on any atom is 0.313 e. The Balaban J connectivity index is 1.37. The Labute approximate surface area is 289 Å². The maximum atomic E-state index is 13.6. The lowest BCUT2D eigenvalue weighted by atomic mass is 10.1. The number of nitrogens with zero attached hydrogens (tertiary/aromatic N) is 8. The second-order valence-corrected chi connectivity index (χ2v) is 12.5. The molecule has 1 saturated heterocycles. The van der Waals surface area contributed by atoms with Gasteiger partial charge in [-0.2, -0.15) is 42.1 Å². The van der Waals surface area contributed by atoms with Crippen LogP contribution in [0.4, 0.5) is 49.2 Å². The Hall–Kier alpha value is -4.94. The molecule has 3 heterocycles. The molecule has 0 amide bonds. The summed E-state index contributed by atoms with van der Waals surface area (Å²) in [6.45, 7) is 2.11. The minimum Gasteiger partial charge on any atom is -0.505 e. The fourth-order valence-electron chi connectivity index (χ4n) is 4.66. The first-order valence-corrected chi connectivity index (χ1v) is 16.5. The van der Waals surface area contributed by atoms with Gasteiger partial charge in [0.25, 0.3) is 10.1 Å².